The number of nitrogens with two attached hydrogens (primary N) is 1. The molecule has 1 unspecified atom stereocenters. The molecule has 0 fully saturated rings. The Hall–Kier alpha value is -1.76. The molecule has 0 aliphatic rings. The highest BCUT2D eigenvalue weighted by Gasteiger charge is 2.36. The zero-order valence-corrected chi connectivity index (χ0v) is 11.5. The van der Waals surface area contributed by atoms with Gasteiger partial charge in [-0.2, -0.15) is 13.2 Å². The largest absolute Gasteiger partial charge is 0.497 e. The van der Waals surface area contributed by atoms with Crippen molar-refractivity contribution < 1.29 is 22.7 Å². The predicted molar refractivity (Wildman–Crippen MR) is 69.5 cm³/mol. The highest BCUT2D eigenvalue weighted by atomic mass is 19.4. The second-order valence-corrected chi connectivity index (χ2v) is 4.63. The Morgan fingerprint density at radius 3 is 2.45 bits per heavy atom. The Morgan fingerprint density at radius 2 is 2.00 bits per heavy atom. The molecule has 0 spiro atoms. The van der Waals surface area contributed by atoms with Crippen LogP contribution in [-0.4, -0.2) is 18.6 Å². The fraction of sp³-hybridized carbons (Fsp3) is 0.462. The molecule has 20 heavy (non-hydrogen) atoms. The van der Waals surface area contributed by atoms with E-state index < -0.39 is 23.2 Å². The predicted octanol–water partition coefficient (Wildman–Crippen LogP) is 2.78. The first kappa shape index (κ1) is 16.3. The van der Waals surface area contributed by atoms with Crippen LogP contribution in [0.3, 0.4) is 0 Å². The number of rotatable bonds is 4. The highest BCUT2D eigenvalue weighted by molar-refractivity contribution is 5.98. The van der Waals surface area contributed by atoms with Crippen LogP contribution in [0.5, 0.6) is 5.75 Å². The Bertz CT molecular complexity index is 499. The maximum absolute atomic E-state index is 13.0. The number of alkyl halides is 3. The molecule has 0 aromatic heterocycles. The number of carbonyl (C=O) groups is 1. The lowest BCUT2D eigenvalue weighted by Gasteiger charge is -2.23. The van der Waals surface area contributed by atoms with Gasteiger partial charge in [-0.25, -0.2) is 0 Å². The topological polar surface area (TPSA) is 64.4 Å². The highest BCUT2D eigenvalue weighted by Crippen LogP contribution is 2.37. The zero-order valence-electron chi connectivity index (χ0n) is 11.5. The van der Waals surface area contributed by atoms with Gasteiger partial charge >= 0.3 is 6.18 Å². The van der Waals surface area contributed by atoms with E-state index in [0.29, 0.717) is 6.42 Å². The van der Waals surface area contributed by atoms with Crippen LogP contribution in [0.1, 0.15) is 25.8 Å². The average Bonchev–Trinajstić information content (AvgIpc) is 2.37. The zero-order chi connectivity index (χ0) is 15.6. The van der Waals surface area contributed by atoms with Crippen LogP contribution in [0.15, 0.2) is 18.2 Å². The van der Waals surface area contributed by atoms with Gasteiger partial charge in [-0.05, 0) is 31.5 Å². The van der Waals surface area contributed by atoms with Gasteiger partial charge in [0, 0.05) is 0 Å². The molecular weight excluding hydrogens is 273 g/mol. The van der Waals surface area contributed by atoms with E-state index in [-0.39, 0.29) is 11.4 Å². The quantitative estimate of drug-likeness (QED) is 0.896. The van der Waals surface area contributed by atoms with Crippen LogP contribution in [0.2, 0.25) is 0 Å². The number of hydrogen-bond acceptors (Lipinski definition) is 3. The van der Waals surface area contributed by atoms with Crippen LogP contribution in [0.25, 0.3) is 0 Å². The van der Waals surface area contributed by atoms with E-state index in [1.165, 1.54) is 20.1 Å². The molecule has 7 heteroatoms. The lowest BCUT2D eigenvalue weighted by atomic mass is 9.99. The minimum absolute atomic E-state index is 0.0568. The summed E-state index contributed by atoms with van der Waals surface area (Å²) in [4.78, 5) is 11.9. The molecule has 1 rings (SSSR count). The summed E-state index contributed by atoms with van der Waals surface area (Å²) in [5.74, 6) is -0.614. The fourth-order valence-corrected chi connectivity index (χ4v) is 1.42. The SMILES string of the molecule is CCC(C)(N)C(=O)Nc1ccc(OC)cc1C(F)(F)F. The minimum atomic E-state index is -4.60. The van der Waals surface area contributed by atoms with Crippen molar-refractivity contribution in [3.8, 4) is 5.75 Å². The second kappa shape index (κ2) is 5.70. The van der Waals surface area contributed by atoms with Crippen LogP contribution in [0, 0.1) is 0 Å². The summed E-state index contributed by atoms with van der Waals surface area (Å²) >= 11 is 0. The summed E-state index contributed by atoms with van der Waals surface area (Å²) in [5.41, 5.74) is 3.16. The number of benzene rings is 1. The van der Waals surface area contributed by atoms with Crippen molar-refractivity contribution in [3.63, 3.8) is 0 Å². The normalized spacial score (nSPS) is 14.6. The summed E-state index contributed by atoms with van der Waals surface area (Å²) in [5, 5.41) is 2.22. The molecule has 0 radical (unpaired) electrons. The maximum atomic E-state index is 13.0. The summed E-state index contributed by atoms with van der Waals surface area (Å²) in [6.45, 7) is 3.14. The smallest absolute Gasteiger partial charge is 0.418 e. The first-order valence-corrected chi connectivity index (χ1v) is 5.97. The molecule has 3 N–H and O–H groups in total. The van der Waals surface area contributed by atoms with E-state index in [1.807, 2.05) is 0 Å². The molecule has 112 valence electrons. The number of anilines is 1. The minimum Gasteiger partial charge on any atom is -0.497 e. The summed E-state index contributed by atoms with van der Waals surface area (Å²) in [7, 11) is 1.27. The molecule has 0 aliphatic carbocycles. The van der Waals surface area contributed by atoms with Gasteiger partial charge in [0.25, 0.3) is 0 Å². The van der Waals surface area contributed by atoms with Gasteiger partial charge in [0.05, 0.1) is 23.9 Å². The molecule has 4 nitrogen and oxygen atoms in total. The van der Waals surface area contributed by atoms with Crippen molar-refractivity contribution in [1.82, 2.24) is 0 Å². The van der Waals surface area contributed by atoms with Gasteiger partial charge < -0.3 is 15.8 Å². The van der Waals surface area contributed by atoms with E-state index in [4.69, 9.17) is 10.5 Å². The first-order valence-electron chi connectivity index (χ1n) is 5.97. The lowest BCUT2D eigenvalue weighted by Crippen LogP contribution is -2.48. The van der Waals surface area contributed by atoms with Crippen molar-refractivity contribution in [1.29, 1.82) is 0 Å². The molecule has 0 saturated carbocycles. The summed E-state index contributed by atoms with van der Waals surface area (Å²) < 4.78 is 43.6. The fourth-order valence-electron chi connectivity index (χ4n) is 1.42. The number of hydrogen-bond donors (Lipinski definition) is 2. The van der Waals surface area contributed by atoms with E-state index in [0.717, 1.165) is 12.1 Å². The van der Waals surface area contributed by atoms with Crippen molar-refractivity contribution in [2.75, 3.05) is 12.4 Å². The van der Waals surface area contributed by atoms with Gasteiger partial charge in [0.15, 0.2) is 0 Å². The number of ether oxygens (including phenoxy) is 1. The van der Waals surface area contributed by atoms with Gasteiger partial charge in [-0.15, -0.1) is 0 Å². The van der Waals surface area contributed by atoms with E-state index in [2.05, 4.69) is 5.32 Å². The van der Waals surface area contributed by atoms with Gasteiger partial charge in [0.1, 0.15) is 5.75 Å². The molecule has 1 amide bonds. The number of halogens is 3. The molecular formula is C13H17F3N2O2. The van der Waals surface area contributed by atoms with Crippen LogP contribution in [-0.2, 0) is 11.0 Å². The van der Waals surface area contributed by atoms with Crippen molar-refractivity contribution in [2.45, 2.75) is 32.0 Å². The number of carbonyl (C=O) groups excluding carboxylic acids is 1. The van der Waals surface area contributed by atoms with Crippen molar-refractivity contribution in [2.24, 2.45) is 5.73 Å². The standard InChI is InChI=1S/C13H17F3N2O2/c1-4-12(2,17)11(19)18-10-6-5-8(20-3)7-9(10)13(14,15)16/h5-7H,4,17H2,1-3H3,(H,18,19). The van der Waals surface area contributed by atoms with Crippen LogP contribution < -0.4 is 15.8 Å². The first-order chi connectivity index (χ1) is 9.11. The number of amides is 1. The van der Waals surface area contributed by atoms with Crippen LogP contribution in [0.4, 0.5) is 18.9 Å². The maximum Gasteiger partial charge on any atom is 0.418 e. The van der Waals surface area contributed by atoms with Crippen molar-refractivity contribution >= 4 is 11.6 Å². The average molecular weight is 290 g/mol. The molecule has 0 heterocycles. The van der Waals surface area contributed by atoms with E-state index >= 15 is 0 Å². The monoisotopic (exact) mass is 290 g/mol. The third-order valence-electron chi connectivity index (χ3n) is 3.03. The molecule has 0 bridgehead atoms. The molecule has 0 aliphatic heterocycles. The molecule has 1 aromatic carbocycles. The van der Waals surface area contributed by atoms with Gasteiger partial charge in [-0.1, -0.05) is 6.92 Å². The number of nitrogens with one attached hydrogen (secondary N) is 1. The Kier molecular flexibility index (Phi) is 4.65. The summed E-state index contributed by atoms with van der Waals surface area (Å²) in [6, 6.07) is 3.31. The third kappa shape index (κ3) is 3.63. The lowest BCUT2D eigenvalue weighted by molar-refractivity contribution is -0.137. The Balaban J connectivity index is 3.16. The van der Waals surface area contributed by atoms with Crippen LogP contribution >= 0.6 is 0 Å². The molecule has 1 atom stereocenters. The van der Waals surface area contributed by atoms with E-state index in [9.17, 15) is 18.0 Å². The second-order valence-electron chi connectivity index (χ2n) is 4.63. The van der Waals surface area contributed by atoms with E-state index in [1.54, 1.807) is 6.92 Å². The number of methoxy groups -OCH3 is 1. The molecule has 0 saturated heterocycles. The Labute approximate surface area is 115 Å². The van der Waals surface area contributed by atoms with Gasteiger partial charge in [-0.3, -0.25) is 4.79 Å². The summed E-state index contributed by atoms with van der Waals surface area (Å²) in [6.07, 6.45) is -4.30. The third-order valence-corrected chi connectivity index (χ3v) is 3.03. The molecule has 1 aromatic rings. The Morgan fingerprint density at radius 1 is 1.40 bits per heavy atom. The van der Waals surface area contributed by atoms with Gasteiger partial charge in [0.2, 0.25) is 5.91 Å². The van der Waals surface area contributed by atoms with Crippen molar-refractivity contribution in [3.05, 3.63) is 23.8 Å².